The van der Waals surface area contributed by atoms with Crippen molar-refractivity contribution in [2.24, 2.45) is 5.84 Å². The van der Waals surface area contributed by atoms with Gasteiger partial charge in [-0.15, -0.1) is 0 Å². The third-order valence-corrected chi connectivity index (χ3v) is 2.46. The van der Waals surface area contributed by atoms with Crippen LogP contribution in [-0.2, 0) is 0 Å². The van der Waals surface area contributed by atoms with Crippen LogP contribution in [0.25, 0.3) is 0 Å². The zero-order valence-electron chi connectivity index (χ0n) is 9.63. The van der Waals surface area contributed by atoms with E-state index in [1.54, 1.807) is 14.2 Å². The van der Waals surface area contributed by atoms with Gasteiger partial charge in [0.15, 0.2) is 0 Å². The first-order chi connectivity index (χ1) is 7.13. The smallest absolute Gasteiger partial charge is 0.124 e. The van der Waals surface area contributed by atoms with Gasteiger partial charge in [0, 0.05) is 11.6 Å². The van der Waals surface area contributed by atoms with Crippen LogP contribution in [0.2, 0.25) is 0 Å². The topological polar surface area (TPSA) is 56.5 Å². The van der Waals surface area contributed by atoms with Gasteiger partial charge in [-0.05, 0) is 31.5 Å². The number of methoxy groups -OCH3 is 2. The van der Waals surface area contributed by atoms with Gasteiger partial charge in [-0.25, -0.2) is 0 Å². The predicted octanol–water partition coefficient (Wildman–Crippen LogP) is 1.54. The fourth-order valence-electron chi connectivity index (χ4n) is 1.50. The number of hydrogen-bond acceptors (Lipinski definition) is 4. The van der Waals surface area contributed by atoms with Crippen molar-refractivity contribution in [2.45, 2.75) is 19.9 Å². The van der Waals surface area contributed by atoms with Crippen LogP contribution >= 0.6 is 0 Å². The van der Waals surface area contributed by atoms with E-state index in [2.05, 4.69) is 5.43 Å². The van der Waals surface area contributed by atoms with E-state index in [0.717, 1.165) is 22.6 Å². The molecule has 0 heterocycles. The first kappa shape index (κ1) is 11.8. The zero-order valence-corrected chi connectivity index (χ0v) is 9.63. The van der Waals surface area contributed by atoms with Gasteiger partial charge in [0.1, 0.15) is 11.5 Å². The Bertz CT molecular complexity index is 340. The lowest BCUT2D eigenvalue weighted by Crippen LogP contribution is -2.26. The maximum Gasteiger partial charge on any atom is 0.124 e. The minimum Gasteiger partial charge on any atom is -0.496 e. The molecule has 0 amide bonds. The second-order valence-corrected chi connectivity index (χ2v) is 3.45. The molecule has 1 aromatic rings. The van der Waals surface area contributed by atoms with E-state index in [9.17, 15) is 0 Å². The number of nitrogens with two attached hydrogens (primary N) is 1. The Morgan fingerprint density at radius 3 is 2.27 bits per heavy atom. The molecule has 0 saturated carbocycles. The predicted molar refractivity (Wildman–Crippen MR) is 60.0 cm³/mol. The van der Waals surface area contributed by atoms with Crippen LogP contribution in [0.4, 0.5) is 0 Å². The molecule has 0 aliphatic heterocycles. The van der Waals surface area contributed by atoms with Crippen molar-refractivity contribution in [1.82, 2.24) is 5.43 Å². The van der Waals surface area contributed by atoms with Crippen LogP contribution in [0.5, 0.6) is 11.5 Å². The molecule has 0 aliphatic carbocycles. The molecule has 4 nitrogen and oxygen atoms in total. The van der Waals surface area contributed by atoms with E-state index in [1.165, 1.54) is 0 Å². The SMILES string of the molecule is COc1cc(C(C)NN)c(OC)cc1C. The molecule has 0 aromatic heterocycles. The number of hydrogen-bond donors (Lipinski definition) is 2. The van der Waals surface area contributed by atoms with E-state index >= 15 is 0 Å². The lowest BCUT2D eigenvalue weighted by atomic mass is 10.0. The standard InChI is InChI=1S/C11H18N2O2/c1-7-5-11(15-4)9(8(2)13-12)6-10(7)14-3/h5-6,8,13H,12H2,1-4H3. The molecule has 1 atom stereocenters. The van der Waals surface area contributed by atoms with Crippen LogP contribution in [0.3, 0.4) is 0 Å². The quantitative estimate of drug-likeness (QED) is 0.584. The van der Waals surface area contributed by atoms with E-state index in [1.807, 2.05) is 26.0 Å². The summed E-state index contributed by atoms with van der Waals surface area (Å²) in [5.74, 6) is 7.07. The lowest BCUT2D eigenvalue weighted by molar-refractivity contribution is 0.390. The second kappa shape index (κ2) is 5.00. The van der Waals surface area contributed by atoms with Gasteiger partial charge in [-0.3, -0.25) is 11.3 Å². The molecule has 3 N–H and O–H groups in total. The van der Waals surface area contributed by atoms with Gasteiger partial charge in [0.05, 0.1) is 14.2 Å². The Morgan fingerprint density at radius 2 is 1.80 bits per heavy atom. The van der Waals surface area contributed by atoms with Crippen molar-refractivity contribution in [3.63, 3.8) is 0 Å². The van der Waals surface area contributed by atoms with Crippen molar-refractivity contribution < 1.29 is 9.47 Å². The minimum atomic E-state index is 0.0226. The average molecular weight is 210 g/mol. The van der Waals surface area contributed by atoms with Gasteiger partial charge in [0.25, 0.3) is 0 Å². The monoisotopic (exact) mass is 210 g/mol. The molecule has 1 rings (SSSR count). The molecule has 1 aromatic carbocycles. The zero-order chi connectivity index (χ0) is 11.4. The van der Waals surface area contributed by atoms with Crippen molar-refractivity contribution in [2.75, 3.05) is 14.2 Å². The molecule has 84 valence electrons. The first-order valence-corrected chi connectivity index (χ1v) is 4.82. The second-order valence-electron chi connectivity index (χ2n) is 3.45. The Labute approximate surface area is 90.3 Å². The number of ether oxygens (including phenoxy) is 2. The molecule has 15 heavy (non-hydrogen) atoms. The van der Waals surface area contributed by atoms with Crippen molar-refractivity contribution in [3.8, 4) is 11.5 Å². The number of nitrogens with one attached hydrogen (secondary N) is 1. The molecule has 0 spiro atoms. The summed E-state index contributed by atoms with van der Waals surface area (Å²) in [6.45, 7) is 3.94. The summed E-state index contributed by atoms with van der Waals surface area (Å²) in [5.41, 5.74) is 4.72. The van der Waals surface area contributed by atoms with Gasteiger partial charge >= 0.3 is 0 Å². The normalized spacial score (nSPS) is 12.3. The van der Waals surface area contributed by atoms with E-state index in [-0.39, 0.29) is 6.04 Å². The highest BCUT2D eigenvalue weighted by molar-refractivity contribution is 5.47. The minimum absolute atomic E-state index is 0.0226. The summed E-state index contributed by atoms with van der Waals surface area (Å²) in [4.78, 5) is 0. The highest BCUT2D eigenvalue weighted by Gasteiger charge is 2.13. The molecule has 0 radical (unpaired) electrons. The molecule has 0 aliphatic rings. The lowest BCUT2D eigenvalue weighted by Gasteiger charge is -2.17. The number of rotatable bonds is 4. The summed E-state index contributed by atoms with van der Waals surface area (Å²) < 4.78 is 10.6. The summed E-state index contributed by atoms with van der Waals surface area (Å²) in [5, 5.41) is 0. The Morgan fingerprint density at radius 1 is 1.20 bits per heavy atom. The Kier molecular flexibility index (Phi) is 3.94. The van der Waals surface area contributed by atoms with Crippen LogP contribution in [0, 0.1) is 6.92 Å². The highest BCUT2D eigenvalue weighted by atomic mass is 16.5. The first-order valence-electron chi connectivity index (χ1n) is 4.82. The highest BCUT2D eigenvalue weighted by Crippen LogP contribution is 2.31. The summed E-state index contributed by atoms with van der Waals surface area (Å²) >= 11 is 0. The van der Waals surface area contributed by atoms with E-state index in [0.29, 0.717) is 0 Å². The summed E-state index contributed by atoms with van der Waals surface area (Å²) in [6, 6.07) is 3.91. The van der Waals surface area contributed by atoms with E-state index < -0.39 is 0 Å². The van der Waals surface area contributed by atoms with Gasteiger partial charge in [-0.1, -0.05) is 0 Å². The third kappa shape index (κ3) is 2.40. The average Bonchev–Trinajstić information content (AvgIpc) is 2.27. The molecular formula is C11H18N2O2. The number of aryl methyl sites for hydroxylation is 1. The summed E-state index contributed by atoms with van der Waals surface area (Å²) in [6.07, 6.45) is 0. The van der Waals surface area contributed by atoms with Crippen LogP contribution in [-0.4, -0.2) is 14.2 Å². The third-order valence-electron chi connectivity index (χ3n) is 2.46. The maximum absolute atomic E-state index is 5.41. The Balaban J connectivity index is 3.22. The van der Waals surface area contributed by atoms with Gasteiger partial charge in [0.2, 0.25) is 0 Å². The largest absolute Gasteiger partial charge is 0.496 e. The molecule has 1 unspecified atom stereocenters. The van der Waals surface area contributed by atoms with Crippen LogP contribution < -0.4 is 20.7 Å². The number of benzene rings is 1. The molecule has 0 fully saturated rings. The van der Waals surface area contributed by atoms with Crippen LogP contribution in [0.15, 0.2) is 12.1 Å². The Hall–Kier alpha value is -1.26. The number of hydrazine groups is 1. The van der Waals surface area contributed by atoms with Crippen LogP contribution in [0.1, 0.15) is 24.1 Å². The van der Waals surface area contributed by atoms with Gasteiger partial charge < -0.3 is 9.47 Å². The van der Waals surface area contributed by atoms with Gasteiger partial charge in [-0.2, -0.15) is 0 Å². The summed E-state index contributed by atoms with van der Waals surface area (Å²) in [7, 11) is 3.30. The molecule has 0 bridgehead atoms. The fraction of sp³-hybridized carbons (Fsp3) is 0.455. The molecule has 0 saturated heterocycles. The fourth-order valence-corrected chi connectivity index (χ4v) is 1.50. The molecular weight excluding hydrogens is 192 g/mol. The maximum atomic E-state index is 5.41. The van der Waals surface area contributed by atoms with Crippen molar-refractivity contribution >= 4 is 0 Å². The van der Waals surface area contributed by atoms with Crippen molar-refractivity contribution in [1.29, 1.82) is 0 Å². The molecule has 4 heteroatoms. The van der Waals surface area contributed by atoms with E-state index in [4.69, 9.17) is 15.3 Å². The van der Waals surface area contributed by atoms with Crippen molar-refractivity contribution in [3.05, 3.63) is 23.3 Å².